The van der Waals surface area contributed by atoms with Crippen molar-refractivity contribution in [3.63, 3.8) is 0 Å². The van der Waals surface area contributed by atoms with Gasteiger partial charge >= 0.3 is 0 Å². The van der Waals surface area contributed by atoms with Crippen molar-refractivity contribution >= 4 is 5.71 Å². The van der Waals surface area contributed by atoms with Crippen LogP contribution in [0.15, 0.2) is 40.7 Å². The maximum atomic E-state index is 5.74. The summed E-state index contributed by atoms with van der Waals surface area (Å²) >= 11 is 0. The third-order valence-corrected chi connectivity index (χ3v) is 5.51. The minimum Gasteiger partial charge on any atom is -0.373 e. The summed E-state index contributed by atoms with van der Waals surface area (Å²) in [7, 11) is 0. The molecule has 0 aromatic carbocycles. The molecule has 4 aliphatic rings. The number of hydrogen-bond acceptors (Lipinski definition) is 3. The third kappa shape index (κ3) is 2.18. The van der Waals surface area contributed by atoms with Crippen molar-refractivity contribution in [1.82, 2.24) is 4.90 Å². The molecule has 1 saturated heterocycles. The van der Waals surface area contributed by atoms with Gasteiger partial charge < -0.3 is 10.6 Å². The van der Waals surface area contributed by atoms with Gasteiger partial charge in [0.1, 0.15) is 0 Å². The third-order valence-electron chi connectivity index (χ3n) is 5.51. The summed E-state index contributed by atoms with van der Waals surface area (Å²) in [5.41, 5.74) is 10.0. The Balaban J connectivity index is 1.71. The zero-order valence-electron chi connectivity index (χ0n) is 12.7. The highest BCUT2D eigenvalue weighted by atomic mass is 15.2. The van der Waals surface area contributed by atoms with Gasteiger partial charge in [0.25, 0.3) is 0 Å². The van der Waals surface area contributed by atoms with Crippen LogP contribution < -0.4 is 5.73 Å². The largest absolute Gasteiger partial charge is 0.373 e. The lowest BCUT2D eigenvalue weighted by Gasteiger charge is -2.43. The molecule has 0 spiro atoms. The fourth-order valence-electron chi connectivity index (χ4n) is 4.54. The van der Waals surface area contributed by atoms with Crippen LogP contribution in [0.5, 0.6) is 0 Å². The van der Waals surface area contributed by atoms with Crippen molar-refractivity contribution < 1.29 is 0 Å². The van der Waals surface area contributed by atoms with E-state index in [-0.39, 0.29) is 0 Å². The highest BCUT2D eigenvalue weighted by Crippen LogP contribution is 2.46. The lowest BCUT2D eigenvalue weighted by Crippen LogP contribution is -2.40. The highest BCUT2D eigenvalue weighted by molar-refractivity contribution is 6.02. The first-order valence-electron chi connectivity index (χ1n) is 8.51. The number of rotatable bonds is 3. The van der Waals surface area contributed by atoms with E-state index in [0.29, 0.717) is 17.8 Å². The topological polar surface area (TPSA) is 41.6 Å². The molecule has 1 fully saturated rings. The molecule has 21 heavy (non-hydrogen) atoms. The molecule has 2 N–H and O–H groups in total. The average Bonchev–Trinajstić information content (AvgIpc) is 2.91. The summed E-state index contributed by atoms with van der Waals surface area (Å²) in [4.78, 5) is 7.69. The SMILES string of the molecule is NCCCC1CCCN2CCC3C(=C12)N=C1C=CC=CC13. The molecule has 3 atom stereocenters. The Labute approximate surface area is 127 Å². The minimum absolute atomic E-state index is 0.539. The Morgan fingerprint density at radius 1 is 1.24 bits per heavy atom. The molecule has 4 rings (SSSR count). The monoisotopic (exact) mass is 283 g/mol. The van der Waals surface area contributed by atoms with E-state index >= 15 is 0 Å². The number of nitrogens with zero attached hydrogens (tertiary/aromatic N) is 2. The molecule has 0 radical (unpaired) electrons. The van der Waals surface area contributed by atoms with Crippen LogP contribution in [0.2, 0.25) is 0 Å². The van der Waals surface area contributed by atoms with Gasteiger partial charge in [-0.3, -0.25) is 4.99 Å². The van der Waals surface area contributed by atoms with Crippen molar-refractivity contribution in [1.29, 1.82) is 0 Å². The molecule has 0 aromatic rings. The van der Waals surface area contributed by atoms with Gasteiger partial charge in [0.15, 0.2) is 0 Å². The van der Waals surface area contributed by atoms with Crippen LogP contribution in [0.4, 0.5) is 0 Å². The van der Waals surface area contributed by atoms with Gasteiger partial charge in [-0.25, -0.2) is 0 Å². The molecule has 0 aromatic heterocycles. The second-order valence-corrected chi connectivity index (χ2v) is 6.73. The summed E-state index contributed by atoms with van der Waals surface area (Å²) in [5, 5.41) is 0. The first kappa shape index (κ1) is 13.3. The molecule has 1 aliphatic carbocycles. The molecular weight excluding hydrogens is 258 g/mol. The zero-order valence-corrected chi connectivity index (χ0v) is 12.7. The lowest BCUT2D eigenvalue weighted by molar-refractivity contribution is 0.194. The fourth-order valence-corrected chi connectivity index (χ4v) is 4.54. The fraction of sp³-hybridized carbons (Fsp3) is 0.611. The molecule has 0 bridgehead atoms. The quantitative estimate of drug-likeness (QED) is 0.865. The Kier molecular flexibility index (Phi) is 3.46. The van der Waals surface area contributed by atoms with Crippen LogP contribution in [0.3, 0.4) is 0 Å². The van der Waals surface area contributed by atoms with Crippen LogP contribution in [0, 0.1) is 17.8 Å². The maximum absolute atomic E-state index is 5.74. The molecule has 112 valence electrons. The summed E-state index contributed by atoms with van der Waals surface area (Å²) in [6.07, 6.45) is 15.2. The van der Waals surface area contributed by atoms with E-state index < -0.39 is 0 Å². The minimum atomic E-state index is 0.539. The highest BCUT2D eigenvalue weighted by Gasteiger charge is 2.41. The second kappa shape index (κ2) is 5.45. The molecule has 3 aliphatic heterocycles. The summed E-state index contributed by atoms with van der Waals surface area (Å²) in [6, 6.07) is 0. The van der Waals surface area contributed by atoms with E-state index in [1.807, 2.05) is 0 Å². The average molecular weight is 283 g/mol. The normalized spacial score (nSPS) is 33.7. The second-order valence-electron chi connectivity index (χ2n) is 6.73. The van der Waals surface area contributed by atoms with Crippen LogP contribution >= 0.6 is 0 Å². The maximum Gasteiger partial charge on any atom is 0.0642 e. The van der Waals surface area contributed by atoms with E-state index in [2.05, 4.69) is 29.2 Å². The Morgan fingerprint density at radius 2 is 2.19 bits per heavy atom. The van der Waals surface area contributed by atoms with Crippen molar-refractivity contribution in [2.24, 2.45) is 28.5 Å². The first-order chi connectivity index (χ1) is 10.4. The molecule has 0 saturated carbocycles. The Bertz CT molecular complexity index is 541. The molecule has 3 nitrogen and oxygen atoms in total. The van der Waals surface area contributed by atoms with Crippen molar-refractivity contribution in [2.75, 3.05) is 19.6 Å². The predicted octanol–water partition coefficient (Wildman–Crippen LogP) is 2.87. The predicted molar refractivity (Wildman–Crippen MR) is 86.9 cm³/mol. The van der Waals surface area contributed by atoms with Crippen LogP contribution in [0.1, 0.15) is 32.1 Å². The number of fused-ring (bicyclic) bond motifs is 4. The van der Waals surface area contributed by atoms with Crippen LogP contribution in [0.25, 0.3) is 0 Å². The number of nitrogens with two attached hydrogens (primary N) is 1. The van der Waals surface area contributed by atoms with E-state index in [0.717, 1.165) is 13.0 Å². The lowest BCUT2D eigenvalue weighted by atomic mass is 9.78. The molecule has 3 unspecified atom stereocenters. The molecular formula is C18H25N3. The van der Waals surface area contributed by atoms with E-state index in [4.69, 9.17) is 10.7 Å². The summed E-state index contributed by atoms with van der Waals surface area (Å²) in [5.74, 6) is 1.86. The Morgan fingerprint density at radius 3 is 3.10 bits per heavy atom. The van der Waals surface area contributed by atoms with Gasteiger partial charge in [-0.1, -0.05) is 18.2 Å². The van der Waals surface area contributed by atoms with E-state index in [1.165, 1.54) is 50.2 Å². The molecule has 3 heterocycles. The zero-order chi connectivity index (χ0) is 14.2. The standard InChI is InChI=1S/C18H25N3/c19-10-3-5-13-6-4-11-21-12-9-15-14-7-1-2-8-16(14)20-17(15)18(13)21/h1-2,7-8,13-15H,3-6,9-12,19H2. The van der Waals surface area contributed by atoms with Gasteiger partial charge in [0.2, 0.25) is 0 Å². The number of allylic oxidation sites excluding steroid dienone is 6. The van der Waals surface area contributed by atoms with E-state index in [1.54, 1.807) is 5.70 Å². The summed E-state index contributed by atoms with van der Waals surface area (Å²) in [6.45, 7) is 3.26. The number of piperidine rings is 1. The van der Waals surface area contributed by atoms with Crippen molar-refractivity contribution in [3.8, 4) is 0 Å². The number of aliphatic imine (C=N–C) groups is 1. The smallest absolute Gasteiger partial charge is 0.0642 e. The first-order valence-corrected chi connectivity index (χ1v) is 8.51. The molecule has 3 heteroatoms. The summed E-state index contributed by atoms with van der Waals surface area (Å²) < 4.78 is 0. The molecule has 0 amide bonds. The number of hydrogen-bond donors (Lipinski definition) is 1. The van der Waals surface area contributed by atoms with Gasteiger partial charge in [-0.2, -0.15) is 0 Å². The van der Waals surface area contributed by atoms with Crippen molar-refractivity contribution in [3.05, 3.63) is 35.7 Å². The van der Waals surface area contributed by atoms with Gasteiger partial charge in [-0.15, -0.1) is 0 Å². The van der Waals surface area contributed by atoms with Crippen LogP contribution in [-0.4, -0.2) is 30.2 Å². The van der Waals surface area contributed by atoms with Gasteiger partial charge in [0, 0.05) is 42.3 Å². The Hall–Kier alpha value is -1.35. The van der Waals surface area contributed by atoms with Gasteiger partial charge in [0.05, 0.1) is 5.70 Å². The van der Waals surface area contributed by atoms with Crippen LogP contribution in [-0.2, 0) is 0 Å². The van der Waals surface area contributed by atoms with Gasteiger partial charge in [-0.05, 0) is 44.7 Å². The van der Waals surface area contributed by atoms with Crippen molar-refractivity contribution in [2.45, 2.75) is 32.1 Å². The van der Waals surface area contributed by atoms with E-state index in [9.17, 15) is 0 Å².